The Hall–Kier alpha value is -0.530. The highest BCUT2D eigenvalue weighted by Crippen LogP contribution is 2.13. The number of esters is 1. The molecule has 0 aromatic carbocycles. The first-order chi connectivity index (χ1) is 8.11. The Morgan fingerprint density at radius 2 is 1.59 bits per heavy atom. The fourth-order valence-electron chi connectivity index (χ4n) is 1.86. The lowest BCUT2D eigenvalue weighted by atomic mass is 10.0. The van der Waals surface area contributed by atoms with E-state index in [1.165, 1.54) is 25.7 Å². The van der Waals surface area contributed by atoms with Gasteiger partial charge in [-0.3, -0.25) is 4.79 Å². The van der Waals surface area contributed by atoms with E-state index in [2.05, 4.69) is 13.8 Å². The zero-order valence-corrected chi connectivity index (χ0v) is 12.1. The van der Waals surface area contributed by atoms with E-state index in [9.17, 15) is 4.79 Å². The summed E-state index contributed by atoms with van der Waals surface area (Å²) in [5.41, 5.74) is 0. The van der Waals surface area contributed by atoms with E-state index >= 15 is 0 Å². The van der Waals surface area contributed by atoms with Crippen LogP contribution in [0.4, 0.5) is 0 Å². The molecule has 2 unspecified atom stereocenters. The molecule has 2 heteroatoms. The second-order valence-corrected chi connectivity index (χ2v) is 5.14. The van der Waals surface area contributed by atoms with Crippen LogP contribution >= 0.6 is 0 Å². The number of carbonyl (C=O) groups is 1. The number of rotatable bonds is 10. The predicted molar refractivity (Wildman–Crippen MR) is 73.0 cm³/mol. The number of carbonyl (C=O) groups excluding carboxylic acids is 1. The molecule has 0 aromatic rings. The molecule has 0 fully saturated rings. The highest BCUT2D eigenvalue weighted by Gasteiger charge is 2.16. The molecule has 0 bridgehead atoms. The molecule has 0 aromatic heterocycles. The summed E-state index contributed by atoms with van der Waals surface area (Å²) in [6.45, 7) is 8.34. The van der Waals surface area contributed by atoms with E-state index in [4.69, 9.17) is 4.74 Å². The molecule has 0 spiro atoms. The molecular weight excluding hydrogens is 212 g/mol. The summed E-state index contributed by atoms with van der Waals surface area (Å²) in [5.74, 6) is 0.0504. The van der Waals surface area contributed by atoms with Gasteiger partial charge in [-0.1, -0.05) is 52.9 Å². The molecule has 17 heavy (non-hydrogen) atoms. The summed E-state index contributed by atoms with van der Waals surface area (Å²) in [4.78, 5) is 11.7. The fourth-order valence-corrected chi connectivity index (χ4v) is 1.86. The van der Waals surface area contributed by atoms with E-state index in [0.717, 1.165) is 25.7 Å². The molecule has 0 radical (unpaired) electrons. The molecule has 0 saturated heterocycles. The van der Waals surface area contributed by atoms with Gasteiger partial charge >= 0.3 is 5.97 Å². The van der Waals surface area contributed by atoms with Gasteiger partial charge in [0.25, 0.3) is 0 Å². The average molecular weight is 242 g/mol. The molecule has 2 nitrogen and oxygen atoms in total. The van der Waals surface area contributed by atoms with Crippen molar-refractivity contribution in [2.75, 3.05) is 0 Å². The zero-order chi connectivity index (χ0) is 13.1. The van der Waals surface area contributed by atoms with Crippen LogP contribution in [-0.4, -0.2) is 12.1 Å². The van der Waals surface area contributed by atoms with Crippen LogP contribution in [0.1, 0.15) is 79.1 Å². The quantitative estimate of drug-likeness (QED) is 0.409. The van der Waals surface area contributed by atoms with Gasteiger partial charge < -0.3 is 4.74 Å². The third kappa shape index (κ3) is 9.20. The van der Waals surface area contributed by atoms with Gasteiger partial charge in [-0.2, -0.15) is 0 Å². The van der Waals surface area contributed by atoms with Crippen LogP contribution in [0.25, 0.3) is 0 Å². The Balaban J connectivity index is 3.63. The lowest BCUT2D eigenvalue weighted by molar-refractivity contribution is -0.153. The normalized spacial score (nSPS) is 14.4. The van der Waals surface area contributed by atoms with Crippen LogP contribution in [0.5, 0.6) is 0 Å². The molecular formula is C15H30O2. The minimum absolute atomic E-state index is 0.0126. The van der Waals surface area contributed by atoms with Gasteiger partial charge in [0.2, 0.25) is 0 Å². The van der Waals surface area contributed by atoms with Gasteiger partial charge in [0.1, 0.15) is 0 Å². The lowest BCUT2D eigenvalue weighted by Gasteiger charge is -2.16. The van der Waals surface area contributed by atoms with Crippen molar-refractivity contribution in [1.29, 1.82) is 0 Å². The SMILES string of the molecule is CCCCCCC(C)OC(=O)C(C)CCCC. The van der Waals surface area contributed by atoms with E-state index in [1.807, 2.05) is 13.8 Å². The first-order valence-corrected chi connectivity index (χ1v) is 7.32. The highest BCUT2D eigenvalue weighted by molar-refractivity contribution is 5.72. The molecule has 0 rings (SSSR count). The van der Waals surface area contributed by atoms with Crippen molar-refractivity contribution in [3.05, 3.63) is 0 Å². The largest absolute Gasteiger partial charge is 0.462 e. The summed E-state index contributed by atoms with van der Waals surface area (Å²) in [6.07, 6.45) is 9.27. The minimum atomic E-state index is -0.0126. The molecule has 0 aliphatic rings. The smallest absolute Gasteiger partial charge is 0.308 e. The zero-order valence-electron chi connectivity index (χ0n) is 12.1. The molecule has 0 amide bonds. The van der Waals surface area contributed by atoms with Crippen LogP contribution in [0, 0.1) is 5.92 Å². The molecule has 2 atom stereocenters. The van der Waals surface area contributed by atoms with Gasteiger partial charge in [0.05, 0.1) is 12.0 Å². The second kappa shape index (κ2) is 10.6. The number of hydrogen-bond donors (Lipinski definition) is 0. The van der Waals surface area contributed by atoms with E-state index in [0.29, 0.717) is 0 Å². The van der Waals surface area contributed by atoms with Gasteiger partial charge in [-0.25, -0.2) is 0 Å². The van der Waals surface area contributed by atoms with Crippen molar-refractivity contribution in [1.82, 2.24) is 0 Å². The predicted octanol–water partition coefficient (Wildman–Crippen LogP) is 4.71. The van der Waals surface area contributed by atoms with Gasteiger partial charge in [-0.05, 0) is 26.2 Å². The number of ether oxygens (including phenoxy) is 1. The molecule has 0 aliphatic carbocycles. The Morgan fingerprint density at radius 3 is 2.18 bits per heavy atom. The molecule has 102 valence electrons. The molecule has 0 heterocycles. The van der Waals surface area contributed by atoms with E-state index in [1.54, 1.807) is 0 Å². The van der Waals surface area contributed by atoms with Crippen molar-refractivity contribution in [3.8, 4) is 0 Å². The van der Waals surface area contributed by atoms with Crippen LogP contribution in [0.2, 0.25) is 0 Å². The summed E-state index contributed by atoms with van der Waals surface area (Å²) in [7, 11) is 0. The summed E-state index contributed by atoms with van der Waals surface area (Å²) in [6, 6.07) is 0. The highest BCUT2D eigenvalue weighted by atomic mass is 16.5. The van der Waals surface area contributed by atoms with Crippen LogP contribution in [-0.2, 0) is 9.53 Å². The monoisotopic (exact) mass is 242 g/mol. The maximum absolute atomic E-state index is 11.7. The van der Waals surface area contributed by atoms with Crippen molar-refractivity contribution in [2.45, 2.75) is 85.2 Å². The fraction of sp³-hybridized carbons (Fsp3) is 0.933. The van der Waals surface area contributed by atoms with E-state index < -0.39 is 0 Å². The molecule has 0 N–H and O–H groups in total. The standard InChI is InChI=1S/C15H30O2/c1-5-7-9-10-12-14(4)17-15(16)13(3)11-8-6-2/h13-14H,5-12H2,1-4H3. The van der Waals surface area contributed by atoms with Crippen LogP contribution in [0.15, 0.2) is 0 Å². The third-order valence-corrected chi connectivity index (χ3v) is 3.17. The van der Waals surface area contributed by atoms with Crippen molar-refractivity contribution < 1.29 is 9.53 Å². The second-order valence-electron chi connectivity index (χ2n) is 5.14. The summed E-state index contributed by atoms with van der Waals surface area (Å²) < 4.78 is 5.45. The molecule has 0 saturated carbocycles. The van der Waals surface area contributed by atoms with Gasteiger partial charge in [-0.15, -0.1) is 0 Å². The van der Waals surface area contributed by atoms with Gasteiger partial charge in [0, 0.05) is 0 Å². The van der Waals surface area contributed by atoms with E-state index in [-0.39, 0.29) is 18.0 Å². The lowest BCUT2D eigenvalue weighted by Crippen LogP contribution is -2.20. The van der Waals surface area contributed by atoms with Crippen LogP contribution in [0.3, 0.4) is 0 Å². The third-order valence-electron chi connectivity index (χ3n) is 3.17. The Labute approximate surface area is 107 Å². The Kier molecular flexibility index (Phi) is 10.3. The van der Waals surface area contributed by atoms with Crippen LogP contribution < -0.4 is 0 Å². The maximum atomic E-state index is 11.7. The molecule has 0 aliphatic heterocycles. The Morgan fingerprint density at radius 1 is 0.941 bits per heavy atom. The number of hydrogen-bond acceptors (Lipinski definition) is 2. The summed E-state index contributed by atoms with van der Waals surface area (Å²) in [5, 5.41) is 0. The maximum Gasteiger partial charge on any atom is 0.308 e. The Bertz CT molecular complexity index is 189. The first kappa shape index (κ1) is 16.5. The van der Waals surface area contributed by atoms with Crippen molar-refractivity contribution in [3.63, 3.8) is 0 Å². The first-order valence-electron chi connectivity index (χ1n) is 7.32. The van der Waals surface area contributed by atoms with Crippen molar-refractivity contribution in [2.24, 2.45) is 5.92 Å². The van der Waals surface area contributed by atoms with Gasteiger partial charge in [0.15, 0.2) is 0 Å². The minimum Gasteiger partial charge on any atom is -0.462 e. The van der Waals surface area contributed by atoms with Crippen molar-refractivity contribution >= 4 is 5.97 Å². The topological polar surface area (TPSA) is 26.3 Å². The summed E-state index contributed by atoms with van der Waals surface area (Å²) >= 11 is 0. The average Bonchev–Trinajstić information content (AvgIpc) is 2.31. The number of unbranched alkanes of at least 4 members (excludes halogenated alkanes) is 4.